The molecule has 2 aromatic rings. The van der Waals surface area contributed by atoms with E-state index in [1.807, 2.05) is 0 Å². The second-order valence-electron chi connectivity index (χ2n) is 6.18. The molecular weight excluding hydrogens is 470 g/mol. The fourth-order valence-electron chi connectivity index (χ4n) is 2.65. The molecule has 0 saturated carbocycles. The summed E-state index contributed by atoms with van der Waals surface area (Å²) in [6, 6.07) is 10.8. The number of aliphatic hydroxyl groups is 2. The number of hydrogen-bond donors (Lipinski definition) is 2. The van der Waals surface area contributed by atoms with E-state index in [1.54, 1.807) is 12.1 Å². The molecule has 0 aromatic heterocycles. The van der Waals surface area contributed by atoms with E-state index in [2.05, 4.69) is 4.74 Å². The van der Waals surface area contributed by atoms with E-state index in [0.29, 0.717) is 16.1 Å². The third kappa shape index (κ3) is 6.88. The largest absolute Gasteiger partial charge is 0.465 e. The maximum absolute atomic E-state index is 13.2. The molecular formula is C19H26ClNO6S3. The van der Waals surface area contributed by atoms with E-state index in [-0.39, 0.29) is 38.4 Å². The Labute approximate surface area is 195 Å². The zero-order valence-corrected chi connectivity index (χ0v) is 20.0. The second kappa shape index (κ2) is 12.6. The van der Waals surface area contributed by atoms with Gasteiger partial charge in [-0.3, -0.25) is 0 Å². The molecule has 2 rings (SSSR count). The minimum Gasteiger partial charge on any atom is -0.465 e. The molecule has 0 aliphatic rings. The Balaban J connectivity index is 0.00000420. The van der Waals surface area contributed by atoms with Crippen LogP contribution in [-0.2, 0) is 21.3 Å². The SMILES string of the molecule is COC(=O)c1ccc(CN([C@@H](CO)[C@H](C)O)S(=O)(=O)c2ccc(Cl)cc2)cc1.S.S. The first-order valence-electron chi connectivity index (χ1n) is 8.44. The van der Waals surface area contributed by atoms with Crippen molar-refractivity contribution in [3.05, 3.63) is 64.7 Å². The number of carbonyl (C=O) groups excluding carboxylic acids is 1. The van der Waals surface area contributed by atoms with Gasteiger partial charge in [0.2, 0.25) is 10.0 Å². The molecule has 0 aliphatic heterocycles. The summed E-state index contributed by atoms with van der Waals surface area (Å²) in [5.41, 5.74) is 0.900. The van der Waals surface area contributed by atoms with Gasteiger partial charge in [-0.1, -0.05) is 23.7 Å². The summed E-state index contributed by atoms with van der Waals surface area (Å²) in [6.45, 7) is 0.735. The average molecular weight is 496 g/mol. The average Bonchev–Trinajstić information content (AvgIpc) is 2.67. The van der Waals surface area contributed by atoms with Crippen LogP contribution in [0.2, 0.25) is 5.02 Å². The molecule has 0 saturated heterocycles. The monoisotopic (exact) mass is 495 g/mol. The summed E-state index contributed by atoms with van der Waals surface area (Å²) in [7, 11) is -2.77. The number of hydrogen-bond acceptors (Lipinski definition) is 6. The first-order chi connectivity index (χ1) is 13.2. The van der Waals surface area contributed by atoms with Crippen LogP contribution in [0, 0.1) is 0 Å². The molecule has 11 heteroatoms. The van der Waals surface area contributed by atoms with Crippen LogP contribution in [0.5, 0.6) is 0 Å². The Morgan fingerprint density at radius 1 is 1.10 bits per heavy atom. The van der Waals surface area contributed by atoms with E-state index in [0.717, 1.165) is 4.31 Å². The lowest BCUT2D eigenvalue weighted by Crippen LogP contribution is -2.47. The lowest BCUT2D eigenvalue weighted by molar-refractivity contribution is 0.0600. The van der Waals surface area contributed by atoms with E-state index >= 15 is 0 Å². The molecule has 0 unspecified atom stereocenters. The number of sulfonamides is 1. The Kier molecular flexibility index (Phi) is 12.0. The highest BCUT2D eigenvalue weighted by Crippen LogP contribution is 2.24. The van der Waals surface area contributed by atoms with Crippen LogP contribution in [0.15, 0.2) is 53.4 Å². The zero-order chi connectivity index (χ0) is 20.9. The Bertz CT molecular complexity index is 905. The Hall–Kier alpha value is -1.27. The Morgan fingerprint density at radius 2 is 1.63 bits per heavy atom. The van der Waals surface area contributed by atoms with E-state index in [1.165, 1.54) is 50.4 Å². The van der Waals surface area contributed by atoms with Crippen molar-refractivity contribution in [2.24, 2.45) is 0 Å². The number of ether oxygens (including phenoxy) is 1. The minimum atomic E-state index is -4.04. The third-order valence-corrected chi connectivity index (χ3v) is 6.38. The highest BCUT2D eigenvalue weighted by atomic mass is 35.5. The van der Waals surface area contributed by atoms with Crippen molar-refractivity contribution in [2.45, 2.75) is 30.5 Å². The summed E-state index contributed by atoms with van der Waals surface area (Å²) in [4.78, 5) is 11.5. The van der Waals surface area contributed by atoms with E-state index < -0.39 is 34.7 Å². The van der Waals surface area contributed by atoms with Crippen molar-refractivity contribution in [1.29, 1.82) is 0 Å². The number of halogens is 1. The summed E-state index contributed by atoms with van der Waals surface area (Å²) < 4.78 is 32.0. The maximum Gasteiger partial charge on any atom is 0.337 e. The molecule has 2 N–H and O–H groups in total. The third-order valence-electron chi connectivity index (χ3n) is 4.25. The lowest BCUT2D eigenvalue weighted by Gasteiger charge is -2.31. The van der Waals surface area contributed by atoms with Gasteiger partial charge in [0.1, 0.15) is 0 Å². The highest BCUT2D eigenvalue weighted by molar-refractivity contribution is 7.89. The van der Waals surface area contributed by atoms with Crippen LogP contribution in [0.1, 0.15) is 22.8 Å². The zero-order valence-electron chi connectivity index (χ0n) is 16.4. The first kappa shape index (κ1) is 28.7. The van der Waals surface area contributed by atoms with Crippen molar-refractivity contribution < 1.29 is 28.2 Å². The molecule has 0 amide bonds. The number of esters is 1. The maximum atomic E-state index is 13.2. The van der Waals surface area contributed by atoms with Crippen LogP contribution in [-0.4, -0.2) is 54.8 Å². The fraction of sp³-hybridized carbons (Fsp3) is 0.316. The standard InChI is InChI=1S/C19H22ClNO6S.2H2S/c1-13(23)18(12-22)21(28(25,26)17-9-7-16(20)8-10-17)11-14-3-5-15(6-4-14)19(24)27-2;;/h3-10,13,18,22-23H,11-12H2,1-2H3;2*1H2/t13-,18-;;/m0../s1. The van der Waals surface area contributed by atoms with Crippen LogP contribution in [0.25, 0.3) is 0 Å². The van der Waals surface area contributed by atoms with Crippen molar-refractivity contribution in [2.75, 3.05) is 13.7 Å². The number of methoxy groups -OCH3 is 1. The molecule has 0 spiro atoms. The number of nitrogens with zero attached hydrogens (tertiary/aromatic N) is 1. The van der Waals surface area contributed by atoms with Crippen LogP contribution >= 0.6 is 38.6 Å². The topological polar surface area (TPSA) is 104 Å². The van der Waals surface area contributed by atoms with Crippen LogP contribution in [0.4, 0.5) is 0 Å². The highest BCUT2D eigenvalue weighted by Gasteiger charge is 2.34. The van der Waals surface area contributed by atoms with Crippen molar-refractivity contribution in [1.82, 2.24) is 4.31 Å². The van der Waals surface area contributed by atoms with Crippen molar-refractivity contribution in [3.63, 3.8) is 0 Å². The fourth-order valence-corrected chi connectivity index (χ4v) is 4.45. The quantitative estimate of drug-likeness (QED) is 0.544. The second-order valence-corrected chi connectivity index (χ2v) is 8.51. The first-order valence-corrected chi connectivity index (χ1v) is 10.3. The van der Waals surface area contributed by atoms with Crippen molar-refractivity contribution in [3.8, 4) is 0 Å². The normalized spacial score (nSPS) is 13.0. The molecule has 0 heterocycles. The predicted octanol–water partition coefficient (Wildman–Crippen LogP) is 2.28. The molecule has 0 fully saturated rings. The van der Waals surface area contributed by atoms with Gasteiger partial charge >= 0.3 is 5.97 Å². The van der Waals surface area contributed by atoms with Gasteiger partial charge < -0.3 is 14.9 Å². The number of aliphatic hydroxyl groups excluding tert-OH is 2. The van der Waals surface area contributed by atoms with Gasteiger partial charge in [0.05, 0.1) is 36.3 Å². The molecule has 2 aromatic carbocycles. The van der Waals surface area contributed by atoms with Crippen LogP contribution < -0.4 is 0 Å². The van der Waals surface area contributed by atoms with Gasteiger partial charge in [-0.05, 0) is 48.9 Å². The molecule has 168 valence electrons. The van der Waals surface area contributed by atoms with Gasteiger partial charge in [-0.2, -0.15) is 31.3 Å². The summed E-state index contributed by atoms with van der Waals surface area (Å²) >= 11 is 5.84. The summed E-state index contributed by atoms with van der Waals surface area (Å²) in [5.74, 6) is -0.505. The summed E-state index contributed by atoms with van der Waals surface area (Å²) in [6.07, 6.45) is -1.11. The van der Waals surface area contributed by atoms with Gasteiger partial charge in [0, 0.05) is 11.6 Å². The lowest BCUT2D eigenvalue weighted by atomic mass is 10.1. The number of carbonyl (C=O) groups is 1. The van der Waals surface area contributed by atoms with Crippen LogP contribution in [0.3, 0.4) is 0 Å². The summed E-state index contributed by atoms with van der Waals surface area (Å²) in [5, 5.41) is 20.1. The van der Waals surface area contributed by atoms with Gasteiger partial charge in [-0.15, -0.1) is 0 Å². The predicted molar refractivity (Wildman–Crippen MR) is 125 cm³/mol. The molecule has 30 heavy (non-hydrogen) atoms. The minimum absolute atomic E-state index is 0. The van der Waals surface area contributed by atoms with Gasteiger partial charge in [0.15, 0.2) is 0 Å². The van der Waals surface area contributed by atoms with Gasteiger partial charge in [-0.25, -0.2) is 13.2 Å². The Morgan fingerprint density at radius 3 is 2.07 bits per heavy atom. The number of benzene rings is 2. The molecule has 0 aliphatic carbocycles. The number of rotatable bonds is 8. The van der Waals surface area contributed by atoms with Gasteiger partial charge in [0.25, 0.3) is 0 Å². The molecule has 2 atom stereocenters. The van der Waals surface area contributed by atoms with E-state index in [9.17, 15) is 23.4 Å². The van der Waals surface area contributed by atoms with Crippen molar-refractivity contribution >= 4 is 54.6 Å². The molecule has 7 nitrogen and oxygen atoms in total. The molecule has 0 radical (unpaired) electrons. The smallest absolute Gasteiger partial charge is 0.337 e. The van der Waals surface area contributed by atoms with E-state index in [4.69, 9.17) is 11.6 Å². The molecule has 0 bridgehead atoms.